The van der Waals surface area contributed by atoms with E-state index in [9.17, 15) is 4.79 Å². The van der Waals surface area contributed by atoms with Crippen LogP contribution in [-0.4, -0.2) is 47.6 Å². The maximum Gasteiger partial charge on any atom is 0.161 e. The molecule has 0 bridgehead atoms. The van der Waals surface area contributed by atoms with E-state index in [1.54, 1.807) is 6.92 Å². The first-order valence-electron chi connectivity index (χ1n) is 9.11. The van der Waals surface area contributed by atoms with Gasteiger partial charge in [-0.05, 0) is 32.3 Å². The molecule has 4 heteroatoms. The molecular weight excluding hydrogens is 300 g/mol. The van der Waals surface area contributed by atoms with Gasteiger partial charge in [0.05, 0.1) is 6.10 Å². The highest BCUT2D eigenvalue weighted by Crippen LogP contribution is 2.22. The van der Waals surface area contributed by atoms with Gasteiger partial charge in [-0.3, -0.25) is 4.79 Å². The molecule has 24 heavy (non-hydrogen) atoms. The molecular formula is C20H28N2O2. The molecule has 130 valence electrons. The zero-order valence-electron chi connectivity index (χ0n) is 14.8. The van der Waals surface area contributed by atoms with E-state index in [-0.39, 0.29) is 5.78 Å². The first-order valence-corrected chi connectivity index (χ1v) is 9.11. The number of likely N-dealkylation sites (tertiary alicyclic amines) is 1. The lowest BCUT2D eigenvalue weighted by Gasteiger charge is -2.32. The van der Waals surface area contributed by atoms with E-state index >= 15 is 0 Å². The predicted molar refractivity (Wildman–Crippen MR) is 97.6 cm³/mol. The van der Waals surface area contributed by atoms with Crippen molar-refractivity contribution in [3.63, 3.8) is 0 Å². The summed E-state index contributed by atoms with van der Waals surface area (Å²) in [6.07, 6.45) is 5.82. The fraction of sp³-hybridized carbons (Fsp3) is 0.550. The number of piperidine rings is 1. The minimum atomic E-state index is 0.138. The molecule has 0 aliphatic carbocycles. The van der Waals surface area contributed by atoms with Crippen LogP contribution < -0.4 is 0 Å². The monoisotopic (exact) mass is 328 g/mol. The lowest BCUT2D eigenvalue weighted by atomic mass is 10.1. The van der Waals surface area contributed by atoms with Crippen LogP contribution in [0.5, 0.6) is 0 Å². The molecule has 0 N–H and O–H groups in total. The average molecular weight is 328 g/mol. The highest BCUT2D eigenvalue weighted by molar-refractivity contribution is 6.06. The number of carbonyl (C=O) groups excluding carboxylic acids is 1. The normalized spacial score (nSPS) is 16.8. The predicted octanol–water partition coefficient (Wildman–Crippen LogP) is 3.73. The zero-order chi connectivity index (χ0) is 16.9. The number of nitrogens with zero attached hydrogens (tertiary/aromatic N) is 2. The fourth-order valence-corrected chi connectivity index (χ4v) is 3.55. The molecule has 2 aromatic rings. The summed E-state index contributed by atoms with van der Waals surface area (Å²) in [5, 5.41) is 1.07. The Morgan fingerprint density at radius 1 is 1.21 bits per heavy atom. The number of rotatable bonds is 7. The molecule has 1 saturated heterocycles. The summed E-state index contributed by atoms with van der Waals surface area (Å²) in [6.45, 7) is 8.85. The number of ether oxygens (including phenoxy) is 1. The van der Waals surface area contributed by atoms with Crippen LogP contribution in [0.25, 0.3) is 10.9 Å². The van der Waals surface area contributed by atoms with E-state index in [1.165, 1.54) is 0 Å². The third kappa shape index (κ3) is 3.87. The minimum absolute atomic E-state index is 0.138. The second kappa shape index (κ2) is 7.95. The first-order chi connectivity index (χ1) is 11.7. The van der Waals surface area contributed by atoms with E-state index < -0.39 is 0 Å². The first kappa shape index (κ1) is 17.2. The number of para-hydroxylation sites is 1. The molecule has 1 aromatic carbocycles. The van der Waals surface area contributed by atoms with Crippen LogP contribution in [0.15, 0.2) is 30.5 Å². The molecule has 0 saturated carbocycles. The number of carbonyl (C=O) groups is 1. The molecule has 0 radical (unpaired) electrons. The second-order valence-electron chi connectivity index (χ2n) is 6.72. The highest BCUT2D eigenvalue weighted by Gasteiger charge is 2.19. The van der Waals surface area contributed by atoms with Crippen LogP contribution in [0.4, 0.5) is 0 Å². The van der Waals surface area contributed by atoms with Crippen molar-refractivity contribution in [3.05, 3.63) is 36.0 Å². The van der Waals surface area contributed by atoms with Gasteiger partial charge in [0.1, 0.15) is 0 Å². The number of Topliss-reactive ketones (excluding diaryl/α,β-unsaturated/α-hetero) is 1. The van der Waals surface area contributed by atoms with Gasteiger partial charge < -0.3 is 14.2 Å². The van der Waals surface area contributed by atoms with Crippen LogP contribution >= 0.6 is 0 Å². The van der Waals surface area contributed by atoms with Gasteiger partial charge in [0.15, 0.2) is 5.78 Å². The third-order valence-corrected chi connectivity index (χ3v) is 4.92. The van der Waals surface area contributed by atoms with Crippen LogP contribution in [0.3, 0.4) is 0 Å². The van der Waals surface area contributed by atoms with E-state index in [0.717, 1.165) is 68.5 Å². The van der Waals surface area contributed by atoms with Crippen LogP contribution in [0, 0.1) is 0 Å². The van der Waals surface area contributed by atoms with Crippen molar-refractivity contribution >= 4 is 16.7 Å². The number of hydrogen-bond donors (Lipinski definition) is 0. The summed E-state index contributed by atoms with van der Waals surface area (Å²) in [7, 11) is 0. The fourth-order valence-electron chi connectivity index (χ4n) is 3.55. The molecule has 1 aliphatic heterocycles. The van der Waals surface area contributed by atoms with E-state index in [2.05, 4.69) is 22.5 Å². The number of benzene rings is 1. The number of hydrogen-bond acceptors (Lipinski definition) is 3. The van der Waals surface area contributed by atoms with Gasteiger partial charge in [-0.1, -0.05) is 25.1 Å². The summed E-state index contributed by atoms with van der Waals surface area (Å²) in [5.74, 6) is 0.138. The lowest BCUT2D eigenvalue weighted by molar-refractivity contribution is 0.00740. The van der Waals surface area contributed by atoms with Gasteiger partial charge in [0, 0.05) is 55.4 Å². The van der Waals surface area contributed by atoms with E-state index in [1.807, 2.05) is 24.4 Å². The lowest BCUT2D eigenvalue weighted by Crippen LogP contribution is -2.38. The van der Waals surface area contributed by atoms with Gasteiger partial charge in [0.25, 0.3) is 0 Å². The average Bonchev–Trinajstić information content (AvgIpc) is 2.98. The quantitative estimate of drug-likeness (QED) is 0.726. The zero-order valence-corrected chi connectivity index (χ0v) is 14.8. The van der Waals surface area contributed by atoms with Crippen molar-refractivity contribution in [1.82, 2.24) is 9.47 Å². The summed E-state index contributed by atoms with van der Waals surface area (Å²) in [4.78, 5) is 14.4. The Morgan fingerprint density at radius 2 is 1.96 bits per heavy atom. The van der Waals surface area contributed by atoms with Crippen molar-refractivity contribution in [2.75, 3.05) is 26.2 Å². The molecule has 3 rings (SSSR count). The summed E-state index contributed by atoms with van der Waals surface area (Å²) >= 11 is 0. The molecule has 1 fully saturated rings. The minimum Gasteiger partial charge on any atom is -0.378 e. The van der Waals surface area contributed by atoms with Crippen molar-refractivity contribution in [2.45, 2.75) is 45.8 Å². The van der Waals surface area contributed by atoms with Crippen molar-refractivity contribution < 1.29 is 9.53 Å². The summed E-state index contributed by atoms with van der Waals surface area (Å²) in [5.41, 5.74) is 1.99. The second-order valence-corrected chi connectivity index (χ2v) is 6.72. The maximum atomic E-state index is 11.9. The number of fused-ring (bicyclic) bond motifs is 1. The largest absolute Gasteiger partial charge is 0.378 e. The Morgan fingerprint density at radius 3 is 2.67 bits per heavy atom. The summed E-state index contributed by atoms with van der Waals surface area (Å²) < 4.78 is 8.09. The van der Waals surface area contributed by atoms with E-state index in [4.69, 9.17) is 4.74 Å². The molecule has 0 atom stereocenters. The van der Waals surface area contributed by atoms with Crippen molar-refractivity contribution in [1.29, 1.82) is 0 Å². The van der Waals surface area contributed by atoms with Crippen molar-refractivity contribution in [3.8, 4) is 0 Å². The Bertz CT molecular complexity index is 684. The topological polar surface area (TPSA) is 34.5 Å². The summed E-state index contributed by atoms with van der Waals surface area (Å²) in [6, 6.07) is 8.19. The Labute approximate surface area is 144 Å². The third-order valence-electron chi connectivity index (χ3n) is 4.92. The number of aromatic nitrogens is 1. The smallest absolute Gasteiger partial charge is 0.161 e. The molecule has 0 spiro atoms. The van der Waals surface area contributed by atoms with Gasteiger partial charge in [-0.25, -0.2) is 0 Å². The molecule has 4 nitrogen and oxygen atoms in total. The van der Waals surface area contributed by atoms with Gasteiger partial charge >= 0.3 is 0 Å². The highest BCUT2D eigenvalue weighted by atomic mass is 16.5. The Kier molecular flexibility index (Phi) is 5.69. The van der Waals surface area contributed by atoms with Crippen LogP contribution in [0.2, 0.25) is 0 Å². The molecule has 1 aromatic heterocycles. The van der Waals surface area contributed by atoms with Gasteiger partial charge in [-0.2, -0.15) is 0 Å². The standard InChI is InChI=1S/C20H28N2O2/c1-3-14-24-17-8-10-21(11-9-17)12-13-22-15-19(16(2)23)18-6-4-5-7-20(18)22/h4-7,15,17H,3,8-14H2,1-2H3. The van der Waals surface area contributed by atoms with Gasteiger partial charge in [-0.15, -0.1) is 0 Å². The molecule has 1 aliphatic rings. The Balaban J connectivity index is 1.60. The van der Waals surface area contributed by atoms with Crippen molar-refractivity contribution in [2.24, 2.45) is 0 Å². The van der Waals surface area contributed by atoms with Gasteiger partial charge in [0.2, 0.25) is 0 Å². The van der Waals surface area contributed by atoms with Crippen LogP contribution in [-0.2, 0) is 11.3 Å². The molecule has 0 amide bonds. The number of ketones is 1. The van der Waals surface area contributed by atoms with Crippen LogP contribution in [0.1, 0.15) is 43.5 Å². The molecule has 0 unspecified atom stereocenters. The molecule has 2 heterocycles. The maximum absolute atomic E-state index is 11.9. The van der Waals surface area contributed by atoms with E-state index in [0.29, 0.717) is 6.10 Å². The Hall–Kier alpha value is -1.65. The SMILES string of the molecule is CCCOC1CCN(CCn2cc(C(C)=O)c3ccccc32)CC1.